The van der Waals surface area contributed by atoms with Gasteiger partial charge in [0.25, 0.3) is 5.91 Å². The van der Waals surface area contributed by atoms with Gasteiger partial charge in [0.05, 0.1) is 0 Å². The average Bonchev–Trinajstić information content (AvgIpc) is 2.45. The van der Waals surface area contributed by atoms with Crippen molar-refractivity contribution in [2.45, 2.75) is 13.0 Å². The van der Waals surface area contributed by atoms with E-state index in [1.165, 1.54) is 6.92 Å². The fraction of sp³-hybridized carbons (Fsp3) is 0.250. The molecule has 2 rings (SSSR count). The number of hydrogen-bond acceptors (Lipinski definition) is 3. The molecule has 0 aromatic heterocycles. The van der Waals surface area contributed by atoms with Crippen LogP contribution >= 0.6 is 0 Å². The lowest BCUT2D eigenvalue weighted by molar-refractivity contribution is -0.138. The highest BCUT2D eigenvalue weighted by atomic mass is 16.4. The number of nitrogens with zero attached hydrogens (tertiary/aromatic N) is 1. The van der Waals surface area contributed by atoms with Gasteiger partial charge in [-0.3, -0.25) is 9.59 Å². The molecule has 0 aliphatic carbocycles. The summed E-state index contributed by atoms with van der Waals surface area (Å²) in [5, 5.41) is 13.2. The smallest absolute Gasteiger partial charge is 0.325 e. The van der Waals surface area contributed by atoms with Crippen LogP contribution in [0.25, 0.3) is 10.8 Å². The van der Waals surface area contributed by atoms with E-state index < -0.39 is 12.0 Å². The Hall–Kier alpha value is -2.56. The van der Waals surface area contributed by atoms with Gasteiger partial charge in [-0.05, 0) is 42.0 Å². The number of fused-ring (bicyclic) bond motifs is 1. The molecule has 0 saturated heterocycles. The van der Waals surface area contributed by atoms with Crippen LogP contribution in [-0.4, -0.2) is 37.1 Å². The van der Waals surface area contributed by atoms with E-state index in [1.54, 1.807) is 12.1 Å². The van der Waals surface area contributed by atoms with Gasteiger partial charge in [0, 0.05) is 25.3 Å². The van der Waals surface area contributed by atoms with Crippen molar-refractivity contribution in [3.05, 3.63) is 42.0 Å². The number of carboxylic acids is 1. The summed E-state index contributed by atoms with van der Waals surface area (Å²) in [4.78, 5) is 24.8. The molecule has 2 aromatic carbocycles. The molecule has 21 heavy (non-hydrogen) atoms. The van der Waals surface area contributed by atoms with Gasteiger partial charge in [-0.25, -0.2) is 0 Å². The highest BCUT2D eigenvalue weighted by Crippen LogP contribution is 2.22. The zero-order chi connectivity index (χ0) is 15.6. The lowest BCUT2D eigenvalue weighted by atomic mass is 10.1. The highest BCUT2D eigenvalue weighted by molar-refractivity contribution is 6.00. The van der Waals surface area contributed by atoms with Crippen molar-refractivity contribution < 1.29 is 14.7 Å². The first-order valence-electron chi connectivity index (χ1n) is 6.63. The quantitative estimate of drug-likeness (QED) is 0.903. The van der Waals surface area contributed by atoms with Gasteiger partial charge in [-0.1, -0.05) is 12.1 Å². The van der Waals surface area contributed by atoms with Crippen LogP contribution in [0, 0.1) is 0 Å². The SMILES string of the molecule is CC(NC(=O)c1ccc2cc(N(C)C)ccc2c1)C(=O)O. The number of amides is 1. The van der Waals surface area contributed by atoms with Gasteiger partial charge < -0.3 is 15.3 Å². The summed E-state index contributed by atoms with van der Waals surface area (Å²) >= 11 is 0. The molecule has 2 aromatic rings. The Kier molecular flexibility index (Phi) is 4.12. The second-order valence-electron chi connectivity index (χ2n) is 5.17. The lowest BCUT2D eigenvalue weighted by Crippen LogP contribution is -2.38. The van der Waals surface area contributed by atoms with Gasteiger partial charge >= 0.3 is 5.97 Å². The third kappa shape index (κ3) is 3.31. The second kappa shape index (κ2) is 5.83. The van der Waals surface area contributed by atoms with Crippen molar-refractivity contribution in [2.75, 3.05) is 19.0 Å². The Labute approximate surface area is 123 Å². The zero-order valence-corrected chi connectivity index (χ0v) is 12.3. The van der Waals surface area contributed by atoms with E-state index in [9.17, 15) is 9.59 Å². The van der Waals surface area contributed by atoms with E-state index in [4.69, 9.17) is 5.11 Å². The Morgan fingerprint density at radius 2 is 1.71 bits per heavy atom. The minimum atomic E-state index is -1.06. The normalized spacial score (nSPS) is 12.0. The Morgan fingerprint density at radius 3 is 2.33 bits per heavy atom. The van der Waals surface area contributed by atoms with Crippen molar-refractivity contribution in [1.82, 2.24) is 5.32 Å². The predicted molar refractivity (Wildman–Crippen MR) is 82.8 cm³/mol. The van der Waals surface area contributed by atoms with Gasteiger partial charge in [-0.15, -0.1) is 0 Å². The van der Waals surface area contributed by atoms with Crippen LogP contribution in [0.4, 0.5) is 5.69 Å². The van der Waals surface area contributed by atoms with Crippen LogP contribution in [0.2, 0.25) is 0 Å². The molecule has 1 atom stereocenters. The molecular formula is C16H18N2O3. The van der Waals surface area contributed by atoms with Crippen molar-refractivity contribution in [3.63, 3.8) is 0 Å². The summed E-state index contributed by atoms with van der Waals surface area (Å²) in [6.45, 7) is 1.44. The van der Waals surface area contributed by atoms with Gasteiger partial charge in [0.1, 0.15) is 6.04 Å². The molecule has 5 nitrogen and oxygen atoms in total. The first-order chi connectivity index (χ1) is 9.88. The molecule has 1 amide bonds. The molecule has 0 radical (unpaired) electrons. The Balaban J connectivity index is 2.29. The summed E-state index contributed by atoms with van der Waals surface area (Å²) in [7, 11) is 3.94. The predicted octanol–water partition coefficient (Wildman–Crippen LogP) is 2.11. The molecule has 0 fully saturated rings. The zero-order valence-electron chi connectivity index (χ0n) is 12.3. The third-order valence-corrected chi connectivity index (χ3v) is 3.32. The van der Waals surface area contributed by atoms with Crippen LogP contribution < -0.4 is 10.2 Å². The van der Waals surface area contributed by atoms with E-state index in [2.05, 4.69) is 5.32 Å². The molecule has 2 N–H and O–H groups in total. The minimum Gasteiger partial charge on any atom is -0.480 e. The van der Waals surface area contributed by atoms with Gasteiger partial charge in [0.2, 0.25) is 0 Å². The number of carboxylic acid groups (broad SMARTS) is 1. The molecule has 0 heterocycles. The minimum absolute atomic E-state index is 0.386. The van der Waals surface area contributed by atoms with Crippen molar-refractivity contribution in [1.29, 1.82) is 0 Å². The summed E-state index contributed by atoms with van der Waals surface area (Å²) in [5.41, 5.74) is 1.53. The first kappa shape index (κ1) is 14.8. The maximum Gasteiger partial charge on any atom is 0.325 e. The largest absolute Gasteiger partial charge is 0.480 e. The lowest BCUT2D eigenvalue weighted by Gasteiger charge is -2.13. The number of anilines is 1. The van der Waals surface area contributed by atoms with E-state index in [-0.39, 0.29) is 5.91 Å². The summed E-state index contributed by atoms with van der Waals surface area (Å²) in [6.07, 6.45) is 0. The van der Waals surface area contributed by atoms with Crippen LogP contribution in [-0.2, 0) is 4.79 Å². The molecule has 1 unspecified atom stereocenters. The summed E-state index contributed by atoms with van der Waals surface area (Å²) in [5.74, 6) is -1.44. The maximum absolute atomic E-state index is 12.0. The van der Waals surface area contributed by atoms with Crippen LogP contribution in [0.15, 0.2) is 36.4 Å². The standard InChI is InChI=1S/C16H18N2O3/c1-10(16(20)21)17-15(19)13-5-4-12-9-14(18(2)3)7-6-11(12)8-13/h4-10H,1-3H3,(H,17,19)(H,20,21). The van der Waals surface area contributed by atoms with Crippen molar-refractivity contribution in [2.24, 2.45) is 0 Å². The Morgan fingerprint density at radius 1 is 1.10 bits per heavy atom. The summed E-state index contributed by atoms with van der Waals surface area (Å²) in [6, 6.07) is 10.4. The number of aliphatic carboxylic acids is 1. The monoisotopic (exact) mass is 286 g/mol. The molecule has 0 bridgehead atoms. The number of nitrogens with one attached hydrogen (secondary N) is 1. The molecule has 5 heteroatoms. The molecule has 0 spiro atoms. The number of carbonyl (C=O) groups excluding carboxylic acids is 1. The first-order valence-corrected chi connectivity index (χ1v) is 6.63. The number of hydrogen-bond donors (Lipinski definition) is 2. The Bertz CT molecular complexity index is 695. The molecule has 0 aliphatic heterocycles. The molecular weight excluding hydrogens is 268 g/mol. The van der Waals surface area contributed by atoms with E-state index in [1.807, 2.05) is 43.3 Å². The summed E-state index contributed by atoms with van der Waals surface area (Å²) < 4.78 is 0. The topological polar surface area (TPSA) is 69.6 Å². The number of carbonyl (C=O) groups is 2. The van der Waals surface area contributed by atoms with Crippen LogP contribution in [0.3, 0.4) is 0 Å². The van der Waals surface area contributed by atoms with Gasteiger partial charge in [0.15, 0.2) is 0 Å². The maximum atomic E-state index is 12.0. The van der Waals surface area contributed by atoms with Crippen molar-refractivity contribution in [3.8, 4) is 0 Å². The fourth-order valence-electron chi connectivity index (χ4n) is 1.99. The van der Waals surface area contributed by atoms with Crippen LogP contribution in [0.5, 0.6) is 0 Å². The number of rotatable bonds is 4. The molecule has 0 aliphatic rings. The second-order valence-corrected chi connectivity index (χ2v) is 5.17. The fourth-order valence-corrected chi connectivity index (χ4v) is 1.99. The van der Waals surface area contributed by atoms with E-state index in [0.29, 0.717) is 5.56 Å². The average molecular weight is 286 g/mol. The molecule has 110 valence electrons. The van der Waals surface area contributed by atoms with Crippen LogP contribution in [0.1, 0.15) is 17.3 Å². The third-order valence-electron chi connectivity index (χ3n) is 3.32. The van der Waals surface area contributed by atoms with Crippen molar-refractivity contribution >= 4 is 28.3 Å². The van der Waals surface area contributed by atoms with E-state index >= 15 is 0 Å². The highest BCUT2D eigenvalue weighted by Gasteiger charge is 2.15. The molecule has 0 saturated carbocycles. The van der Waals surface area contributed by atoms with E-state index in [0.717, 1.165) is 16.5 Å². The number of benzene rings is 2. The van der Waals surface area contributed by atoms with Gasteiger partial charge in [-0.2, -0.15) is 0 Å².